The number of anilines is 1. The van der Waals surface area contributed by atoms with Crippen molar-refractivity contribution in [1.29, 1.82) is 0 Å². The summed E-state index contributed by atoms with van der Waals surface area (Å²) in [7, 11) is 3.46. The van der Waals surface area contributed by atoms with E-state index in [1.54, 1.807) is 25.9 Å². The number of aryl methyl sites for hydroxylation is 1. The predicted octanol–water partition coefficient (Wildman–Crippen LogP) is 3.69. The molecule has 0 atom stereocenters. The standard InChI is InChI=1S/C22H36N6O2S/c1-17(2)16-28-20(26-27-22(28)31-5)11-7-12-24-21(23-3)25-18-9-6-10-19(15-18)30-14-8-13-29-4/h6,9-10,15,17H,7-8,11-14,16H2,1-5H3,(H2,23,24,25). The van der Waals surface area contributed by atoms with Crippen molar-refractivity contribution in [2.45, 2.75) is 44.8 Å². The number of nitrogens with one attached hydrogen (secondary N) is 2. The Hall–Kier alpha value is -2.26. The molecule has 8 nitrogen and oxygen atoms in total. The Bertz CT molecular complexity index is 809. The molecule has 0 saturated heterocycles. The Morgan fingerprint density at radius 3 is 2.77 bits per heavy atom. The number of guanidine groups is 1. The van der Waals surface area contributed by atoms with Gasteiger partial charge in [-0.05, 0) is 30.7 Å². The molecule has 9 heteroatoms. The normalized spacial score (nSPS) is 11.7. The van der Waals surface area contributed by atoms with E-state index in [9.17, 15) is 0 Å². The molecule has 0 saturated carbocycles. The van der Waals surface area contributed by atoms with Crippen LogP contribution in [0.4, 0.5) is 5.69 Å². The van der Waals surface area contributed by atoms with Gasteiger partial charge in [-0.2, -0.15) is 0 Å². The van der Waals surface area contributed by atoms with E-state index in [0.717, 1.165) is 60.7 Å². The van der Waals surface area contributed by atoms with Crippen molar-refractivity contribution in [3.05, 3.63) is 30.1 Å². The number of nitrogens with zero attached hydrogens (tertiary/aromatic N) is 4. The van der Waals surface area contributed by atoms with E-state index in [4.69, 9.17) is 9.47 Å². The predicted molar refractivity (Wildman–Crippen MR) is 128 cm³/mol. The van der Waals surface area contributed by atoms with Gasteiger partial charge in [0.2, 0.25) is 0 Å². The minimum absolute atomic E-state index is 0.557. The van der Waals surface area contributed by atoms with Gasteiger partial charge in [-0.1, -0.05) is 31.7 Å². The second-order valence-corrected chi connectivity index (χ2v) is 8.33. The van der Waals surface area contributed by atoms with Gasteiger partial charge >= 0.3 is 0 Å². The highest BCUT2D eigenvalue weighted by molar-refractivity contribution is 7.98. The molecule has 0 radical (unpaired) electrons. The van der Waals surface area contributed by atoms with Crippen LogP contribution in [-0.4, -0.2) is 60.9 Å². The summed E-state index contributed by atoms with van der Waals surface area (Å²) in [6.45, 7) is 7.48. The van der Waals surface area contributed by atoms with Crippen molar-refractivity contribution in [3.63, 3.8) is 0 Å². The third-order valence-electron chi connectivity index (χ3n) is 4.48. The molecule has 0 aliphatic carbocycles. The number of hydrogen-bond acceptors (Lipinski definition) is 6. The van der Waals surface area contributed by atoms with Crippen molar-refractivity contribution in [2.24, 2.45) is 10.9 Å². The van der Waals surface area contributed by atoms with Crippen LogP contribution in [0.2, 0.25) is 0 Å². The second-order valence-electron chi connectivity index (χ2n) is 7.56. The summed E-state index contributed by atoms with van der Waals surface area (Å²) in [5.74, 6) is 3.15. The fourth-order valence-corrected chi connectivity index (χ4v) is 3.55. The summed E-state index contributed by atoms with van der Waals surface area (Å²) >= 11 is 1.64. The number of hydrogen-bond donors (Lipinski definition) is 2. The molecule has 0 spiro atoms. The van der Waals surface area contributed by atoms with Gasteiger partial charge in [0.1, 0.15) is 11.6 Å². The number of rotatable bonds is 13. The van der Waals surface area contributed by atoms with Crippen LogP contribution >= 0.6 is 11.8 Å². The maximum Gasteiger partial charge on any atom is 0.195 e. The highest BCUT2D eigenvalue weighted by Gasteiger charge is 2.12. The van der Waals surface area contributed by atoms with Crippen LogP contribution in [0, 0.1) is 5.92 Å². The SMILES string of the molecule is CN=C(NCCCc1nnc(SC)n1CC(C)C)Nc1cccc(OCCCOC)c1. The maximum atomic E-state index is 5.76. The van der Waals surface area contributed by atoms with Gasteiger partial charge in [-0.15, -0.1) is 10.2 Å². The molecule has 2 aromatic rings. The second kappa shape index (κ2) is 13.9. The molecule has 0 unspecified atom stereocenters. The monoisotopic (exact) mass is 448 g/mol. The zero-order valence-electron chi connectivity index (χ0n) is 19.4. The smallest absolute Gasteiger partial charge is 0.195 e. The van der Waals surface area contributed by atoms with Gasteiger partial charge in [-0.25, -0.2) is 0 Å². The van der Waals surface area contributed by atoms with Crippen molar-refractivity contribution in [3.8, 4) is 5.75 Å². The first-order valence-corrected chi connectivity index (χ1v) is 11.9. The summed E-state index contributed by atoms with van der Waals surface area (Å²) in [6.07, 6.45) is 4.71. The molecule has 0 fully saturated rings. The molecular formula is C22H36N6O2S. The highest BCUT2D eigenvalue weighted by Crippen LogP contribution is 2.18. The van der Waals surface area contributed by atoms with E-state index in [0.29, 0.717) is 19.1 Å². The zero-order valence-corrected chi connectivity index (χ0v) is 20.2. The topological polar surface area (TPSA) is 85.6 Å². The van der Waals surface area contributed by atoms with Gasteiger partial charge in [0, 0.05) is 58.4 Å². The molecule has 0 amide bonds. The highest BCUT2D eigenvalue weighted by atomic mass is 32.2. The first-order chi connectivity index (χ1) is 15.1. The molecule has 0 aliphatic rings. The summed E-state index contributed by atoms with van der Waals surface area (Å²) in [4.78, 5) is 4.32. The minimum atomic E-state index is 0.557. The Kier molecular flexibility index (Phi) is 11.2. The van der Waals surface area contributed by atoms with Crippen molar-refractivity contribution in [1.82, 2.24) is 20.1 Å². The molecule has 1 heterocycles. The average molecular weight is 449 g/mol. The molecule has 2 N–H and O–H groups in total. The van der Waals surface area contributed by atoms with E-state index in [2.05, 4.69) is 44.2 Å². The molecule has 0 bridgehead atoms. The molecule has 172 valence electrons. The first kappa shape index (κ1) is 25.0. The third kappa shape index (κ3) is 8.78. The molecule has 1 aromatic heterocycles. The lowest BCUT2D eigenvalue weighted by molar-refractivity contribution is 0.172. The van der Waals surface area contributed by atoms with Gasteiger partial charge in [0.05, 0.1) is 6.61 Å². The summed E-state index contributed by atoms with van der Waals surface area (Å²) in [5.41, 5.74) is 0.929. The number of thioether (sulfide) groups is 1. The lowest BCUT2D eigenvalue weighted by atomic mass is 10.2. The van der Waals surface area contributed by atoms with E-state index in [-0.39, 0.29) is 0 Å². The molecule has 31 heavy (non-hydrogen) atoms. The first-order valence-electron chi connectivity index (χ1n) is 10.7. The van der Waals surface area contributed by atoms with Crippen LogP contribution in [0.3, 0.4) is 0 Å². The van der Waals surface area contributed by atoms with Crippen LogP contribution in [0.5, 0.6) is 5.75 Å². The number of aliphatic imine (C=N–C) groups is 1. The summed E-state index contributed by atoms with van der Waals surface area (Å²) in [6, 6.07) is 7.88. The van der Waals surface area contributed by atoms with E-state index >= 15 is 0 Å². The van der Waals surface area contributed by atoms with Crippen LogP contribution in [-0.2, 0) is 17.7 Å². The zero-order chi connectivity index (χ0) is 22.5. The Morgan fingerprint density at radius 1 is 1.23 bits per heavy atom. The van der Waals surface area contributed by atoms with E-state index < -0.39 is 0 Å². The number of methoxy groups -OCH3 is 1. The minimum Gasteiger partial charge on any atom is -0.493 e. The van der Waals surface area contributed by atoms with E-state index in [1.165, 1.54) is 0 Å². The van der Waals surface area contributed by atoms with Gasteiger partial charge < -0.3 is 24.7 Å². The Balaban J connectivity index is 1.81. The van der Waals surface area contributed by atoms with Crippen molar-refractivity contribution in [2.75, 3.05) is 45.5 Å². The lowest BCUT2D eigenvalue weighted by Crippen LogP contribution is -2.31. The van der Waals surface area contributed by atoms with Crippen LogP contribution in [0.1, 0.15) is 32.5 Å². The van der Waals surface area contributed by atoms with Crippen molar-refractivity contribution >= 4 is 23.4 Å². The number of ether oxygens (including phenoxy) is 2. The number of aromatic nitrogens is 3. The quantitative estimate of drug-likeness (QED) is 0.209. The molecule has 0 aliphatic heterocycles. The van der Waals surface area contributed by atoms with Crippen LogP contribution in [0.15, 0.2) is 34.4 Å². The van der Waals surface area contributed by atoms with Crippen molar-refractivity contribution < 1.29 is 9.47 Å². The summed E-state index contributed by atoms with van der Waals surface area (Å²) in [5, 5.41) is 16.4. The fourth-order valence-electron chi connectivity index (χ4n) is 3.03. The maximum absolute atomic E-state index is 5.76. The van der Waals surface area contributed by atoms with Gasteiger partial charge in [0.15, 0.2) is 11.1 Å². The lowest BCUT2D eigenvalue weighted by Gasteiger charge is -2.14. The van der Waals surface area contributed by atoms with Crippen LogP contribution in [0.25, 0.3) is 0 Å². The summed E-state index contributed by atoms with van der Waals surface area (Å²) < 4.78 is 13.1. The number of benzene rings is 1. The Labute approximate surface area is 190 Å². The van der Waals surface area contributed by atoms with Gasteiger partial charge in [0.25, 0.3) is 0 Å². The fraction of sp³-hybridized carbons (Fsp3) is 0.591. The molecule has 1 aromatic carbocycles. The molecular weight excluding hydrogens is 412 g/mol. The van der Waals surface area contributed by atoms with Crippen LogP contribution < -0.4 is 15.4 Å². The molecule has 2 rings (SSSR count). The Morgan fingerprint density at radius 2 is 2.06 bits per heavy atom. The average Bonchev–Trinajstić information content (AvgIpc) is 3.14. The van der Waals surface area contributed by atoms with E-state index in [1.807, 2.05) is 30.5 Å². The van der Waals surface area contributed by atoms with Gasteiger partial charge in [-0.3, -0.25) is 4.99 Å². The third-order valence-corrected chi connectivity index (χ3v) is 5.14. The largest absolute Gasteiger partial charge is 0.493 e.